The van der Waals surface area contributed by atoms with E-state index in [1.807, 2.05) is 11.8 Å². The maximum atomic E-state index is 11.9. The van der Waals surface area contributed by atoms with E-state index in [1.165, 1.54) is 0 Å². The number of benzene rings is 1. The zero-order valence-corrected chi connectivity index (χ0v) is 11.6. The molecule has 0 aromatic heterocycles. The third-order valence-corrected chi connectivity index (χ3v) is 3.18. The third kappa shape index (κ3) is 3.41. The van der Waals surface area contributed by atoms with E-state index < -0.39 is 0 Å². The van der Waals surface area contributed by atoms with Gasteiger partial charge in [-0.15, -0.1) is 0 Å². The number of hydrogen-bond acceptors (Lipinski definition) is 4. The molecule has 1 saturated heterocycles. The maximum Gasteiger partial charge on any atom is 0.260 e. The zero-order chi connectivity index (χ0) is 14.4. The predicted octanol–water partition coefficient (Wildman–Crippen LogP) is 1.96. The molecule has 1 aromatic carbocycles. The Kier molecular flexibility index (Phi) is 4.83. The van der Waals surface area contributed by atoms with Crippen molar-refractivity contribution in [3.63, 3.8) is 0 Å². The molecule has 106 valence electrons. The van der Waals surface area contributed by atoms with Gasteiger partial charge in [-0.25, -0.2) is 0 Å². The standard InChI is InChI=1S/C15H18N2O3/c1-2-19-14-9-12(10-16)5-6-13(14)20-11-15(18)17-7-3-4-8-17/h5-6,9H,2-4,7-8,11H2,1H3. The summed E-state index contributed by atoms with van der Waals surface area (Å²) in [6.45, 7) is 3.97. The van der Waals surface area contributed by atoms with E-state index in [0.29, 0.717) is 23.7 Å². The van der Waals surface area contributed by atoms with Crippen LogP contribution in [0.2, 0.25) is 0 Å². The molecule has 0 aliphatic carbocycles. The average molecular weight is 274 g/mol. The van der Waals surface area contributed by atoms with Gasteiger partial charge in [-0.1, -0.05) is 0 Å². The smallest absolute Gasteiger partial charge is 0.260 e. The molecule has 0 unspecified atom stereocenters. The monoisotopic (exact) mass is 274 g/mol. The Balaban J connectivity index is 2.01. The highest BCUT2D eigenvalue weighted by atomic mass is 16.5. The number of nitriles is 1. The van der Waals surface area contributed by atoms with Crippen LogP contribution in [-0.2, 0) is 4.79 Å². The Morgan fingerprint density at radius 2 is 2.05 bits per heavy atom. The number of hydrogen-bond donors (Lipinski definition) is 0. The summed E-state index contributed by atoms with van der Waals surface area (Å²) in [5.41, 5.74) is 0.506. The highest BCUT2D eigenvalue weighted by Crippen LogP contribution is 2.28. The lowest BCUT2D eigenvalue weighted by Crippen LogP contribution is -2.32. The summed E-state index contributed by atoms with van der Waals surface area (Å²) in [6.07, 6.45) is 2.12. The van der Waals surface area contributed by atoms with Gasteiger partial charge in [0.05, 0.1) is 18.2 Å². The van der Waals surface area contributed by atoms with Crippen molar-refractivity contribution in [1.82, 2.24) is 4.90 Å². The van der Waals surface area contributed by atoms with E-state index in [0.717, 1.165) is 25.9 Å². The Morgan fingerprint density at radius 1 is 1.30 bits per heavy atom. The third-order valence-electron chi connectivity index (χ3n) is 3.18. The van der Waals surface area contributed by atoms with Gasteiger partial charge < -0.3 is 14.4 Å². The molecule has 0 atom stereocenters. The van der Waals surface area contributed by atoms with E-state index in [2.05, 4.69) is 6.07 Å². The van der Waals surface area contributed by atoms with Gasteiger partial charge in [0, 0.05) is 19.2 Å². The van der Waals surface area contributed by atoms with Crippen molar-refractivity contribution in [1.29, 1.82) is 5.26 Å². The fourth-order valence-electron chi connectivity index (χ4n) is 2.16. The second-order valence-corrected chi connectivity index (χ2v) is 4.58. The highest BCUT2D eigenvalue weighted by molar-refractivity contribution is 5.78. The van der Waals surface area contributed by atoms with Crippen LogP contribution in [0.5, 0.6) is 11.5 Å². The minimum absolute atomic E-state index is 0.00527. The van der Waals surface area contributed by atoms with Crippen molar-refractivity contribution in [3.8, 4) is 17.6 Å². The Labute approximate surface area is 118 Å². The van der Waals surface area contributed by atoms with Crippen molar-refractivity contribution in [2.24, 2.45) is 0 Å². The first-order chi connectivity index (χ1) is 9.74. The lowest BCUT2D eigenvalue weighted by molar-refractivity contribution is -0.132. The SMILES string of the molecule is CCOc1cc(C#N)ccc1OCC(=O)N1CCCC1. The van der Waals surface area contributed by atoms with Gasteiger partial charge >= 0.3 is 0 Å². The molecule has 1 aliphatic rings. The van der Waals surface area contributed by atoms with E-state index in [-0.39, 0.29) is 12.5 Å². The van der Waals surface area contributed by atoms with Gasteiger partial charge in [-0.05, 0) is 31.9 Å². The predicted molar refractivity (Wildman–Crippen MR) is 73.6 cm³/mol. The van der Waals surface area contributed by atoms with Crippen LogP contribution in [0.25, 0.3) is 0 Å². The molecule has 1 aromatic rings. The summed E-state index contributed by atoms with van der Waals surface area (Å²) in [4.78, 5) is 13.7. The van der Waals surface area contributed by atoms with Crippen LogP contribution in [0.15, 0.2) is 18.2 Å². The molecule has 0 spiro atoms. The van der Waals surface area contributed by atoms with Crippen molar-refractivity contribution in [2.75, 3.05) is 26.3 Å². The van der Waals surface area contributed by atoms with Gasteiger partial charge in [-0.2, -0.15) is 5.26 Å². The van der Waals surface area contributed by atoms with E-state index in [4.69, 9.17) is 14.7 Å². The average Bonchev–Trinajstić information content (AvgIpc) is 3.00. The highest BCUT2D eigenvalue weighted by Gasteiger charge is 2.18. The second kappa shape index (κ2) is 6.80. The molecule has 0 N–H and O–H groups in total. The molecule has 0 bridgehead atoms. The molecule has 5 nitrogen and oxygen atoms in total. The zero-order valence-electron chi connectivity index (χ0n) is 11.6. The molecule has 5 heteroatoms. The molecule has 1 amide bonds. The van der Waals surface area contributed by atoms with Crippen molar-refractivity contribution >= 4 is 5.91 Å². The Morgan fingerprint density at radius 3 is 2.70 bits per heavy atom. The summed E-state index contributed by atoms with van der Waals surface area (Å²) >= 11 is 0. The van der Waals surface area contributed by atoms with Gasteiger partial charge in [0.2, 0.25) is 0 Å². The maximum absolute atomic E-state index is 11.9. The second-order valence-electron chi connectivity index (χ2n) is 4.58. The van der Waals surface area contributed by atoms with Crippen LogP contribution in [0.1, 0.15) is 25.3 Å². The fourth-order valence-corrected chi connectivity index (χ4v) is 2.16. The Hall–Kier alpha value is -2.22. The molecule has 0 radical (unpaired) electrons. The number of carbonyl (C=O) groups is 1. The summed E-state index contributed by atoms with van der Waals surface area (Å²) in [5, 5.41) is 8.88. The number of carbonyl (C=O) groups excluding carboxylic acids is 1. The van der Waals surface area contributed by atoms with Crippen LogP contribution in [0.3, 0.4) is 0 Å². The van der Waals surface area contributed by atoms with E-state index >= 15 is 0 Å². The number of amides is 1. The van der Waals surface area contributed by atoms with Gasteiger partial charge in [-0.3, -0.25) is 4.79 Å². The van der Waals surface area contributed by atoms with E-state index in [9.17, 15) is 4.79 Å². The number of likely N-dealkylation sites (tertiary alicyclic amines) is 1. The van der Waals surface area contributed by atoms with Crippen molar-refractivity contribution in [3.05, 3.63) is 23.8 Å². The lowest BCUT2D eigenvalue weighted by atomic mass is 10.2. The minimum atomic E-state index is -0.00527. The minimum Gasteiger partial charge on any atom is -0.490 e. The van der Waals surface area contributed by atoms with Crippen molar-refractivity contribution in [2.45, 2.75) is 19.8 Å². The molecular weight excluding hydrogens is 256 g/mol. The Bertz CT molecular complexity index is 516. The topological polar surface area (TPSA) is 62.6 Å². The molecule has 20 heavy (non-hydrogen) atoms. The van der Waals surface area contributed by atoms with Crippen LogP contribution in [0.4, 0.5) is 0 Å². The number of nitrogens with zero attached hydrogens (tertiary/aromatic N) is 2. The van der Waals surface area contributed by atoms with Gasteiger partial charge in [0.15, 0.2) is 18.1 Å². The lowest BCUT2D eigenvalue weighted by Gasteiger charge is -2.16. The molecule has 0 saturated carbocycles. The molecule has 1 aliphatic heterocycles. The van der Waals surface area contributed by atoms with Crippen LogP contribution in [-0.4, -0.2) is 37.1 Å². The number of ether oxygens (including phenoxy) is 2. The van der Waals surface area contributed by atoms with E-state index in [1.54, 1.807) is 18.2 Å². The van der Waals surface area contributed by atoms with Crippen LogP contribution < -0.4 is 9.47 Å². The summed E-state index contributed by atoms with van der Waals surface area (Å²) in [5.74, 6) is 0.994. The van der Waals surface area contributed by atoms with Crippen LogP contribution >= 0.6 is 0 Å². The quantitative estimate of drug-likeness (QED) is 0.823. The van der Waals surface area contributed by atoms with Crippen LogP contribution in [0, 0.1) is 11.3 Å². The van der Waals surface area contributed by atoms with Gasteiger partial charge in [0.1, 0.15) is 0 Å². The van der Waals surface area contributed by atoms with Gasteiger partial charge in [0.25, 0.3) is 5.91 Å². The molecular formula is C15H18N2O3. The first-order valence-electron chi connectivity index (χ1n) is 6.82. The van der Waals surface area contributed by atoms with Crippen molar-refractivity contribution < 1.29 is 14.3 Å². The fraction of sp³-hybridized carbons (Fsp3) is 0.467. The normalized spacial score (nSPS) is 13.9. The molecule has 2 rings (SSSR count). The molecule has 1 heterocycles. The first kappa shape index (κ1) is 14.2. The summed E-state index contributed by atoms with van der Waals surface area (Å²) < 4.78 is 11.0. The summed E-state index contributed by atoms with van der Waals surface area (Å²) in [7, 11) is 0. The summed E-state index contributed by atoms with van der Waals surface area (Å²) in [6, 6.07) is 6.99. The largest absolute Gasteiger partial charge is 0.490 e. The molecule has 1 fully saturated rings. The first-order valence-corrected chi connectivity index (χ1v) is 6.82. The number of rotatable bonds is 5.